The number of piperidine rings is 1. The summed E-state index contributed by atoms with van der Waals surface area (Å²) >= 11 is 0. The number of hydrogen-bond donors (Lipinski definition) is 1. The number of nitro groups is 1. The summed E-state index contributed by atoms with van der Waals surface area (Å²) in [4.78, 5) is 10.2. The van der Waals surface area contributed by atoms with Gasteiger partial charge in [0.2, 0.25) is 10.0 Å². The van der Waals surface area contributed by atoms with Gasteiger partial charge in [-0.3, -0.25) is 10.1 Å². The maximum absolute atomic E-state index is 12.5. The topological polar surface area (TPSA) is 92.5 Å². The molecule has 2 aliphatic rings. The van der Waals surface area contributed by atoms with E-state index in [9.17, 15) is 18.5 Å². The molecule has 0 aliphatic carbocycles. The summed E-state index contributed by atoms with van der Waals surface area (Å²) in [5, 5.41) is 13.8. The standard InChI is InChI=1S/C12H15N3O4S/c16-15(17)10-1-3-11(4-2-10)20(18,19)14-8-9-5-6-13-7-12(9)14/h1-4,9,12-13H,5-8H2. The molecule has 2 aliphatic heterocycles. The molecule has 1 aromatic carbocycles. The number of nitrogens with zero attached hydrogens (tertiary/aromatic N) is 2. The zero-order valence-corrected chi connectivity index (χ0v) is 11.5. The molecule has 2 heterocycles. The smallest absolute Gasteiger partial charge is 0.269 e. The van der Waals surface area contributed by atoms with E-state index in [1.807, 2.05) is 0 Å². The fraction of sp³-hybridized carbons (Fsp3) is 0.500. The highest BCUT2D eigenvalue weighted by Gasteiger charge is 2.46. The first-order valence-electron chi connectivity index (χ1n) is 6.47. The lowest BCUT2D eigenvalue weighted by atomic mass is 9.86. The SMILES string of the molecule is O=[N+]([O-])c1ccc(S(=O)(=O)N2CC3CCNCC32)cc1. The number of rotatable bonds is 3. The molecule has 0 radical (unpaired) electrons. The highest BCUT2D eigenvalue weighted by molar-refractivity contribution is 7.89. The number of sulfonamides is 1. The lowest BCUT2D eigenvalue weighted by molar-refractivity contribution is -0.384. The van der Waals surface area contributed by atoms with E-state index in [0.717, 1.165) is 13.0 Å². The third kappa shape index (κ3) is 2.09. The Hall–Kier alpha value is -1.51. The summed E-state index contributed by atoms with van der Waals surface area (Å²) in [6, 6.07) is 5.07. The quantitative estimate of drug-likeness (QED) is 0.650. The summed E-state index contributed by atoms with van der Waals surface area (Å²) < 4.78 is 26.4. The minimum Gasteiger partial charge on any atom is -0.315 e. The average Bonchev–Trinajstić information content (AvgIpc) is 2.40. The summed E-state index contributed by atoms with van der Waals surface area (Å²) in [5.41, 5.74) is -0.107. The second-order valence-electron chi connectivity index (χ2n) is 5.15. The Morgan fingerprint density at radius 2 is 2.00 bits per heavy atom. The molecule has 1 aromatic rings. The van der Waals surface area contributed by atoms with Crippen LogP contribution < -0.4 is 5.32 Å². The molecule has 108 valence electrons. The van der Waals surface area contributed by atoms with Gasteiger partial charge in [-0.1, -0.05) is 0 Å². The van der Waals surface area contributed by atoms with Gasteiger partial charge in [-0.2, -0.15) is 4.31 Å². The van der Waals surface area contributed by atoms with Gasteiger partial charge < -0.3 is 5.32 Å². The molecule has 0 spiro atoms. The van der Waals surface area contributed by atoms with E-state index in [-0.39, 0.29) is 16.6 Å². The van der Waals surface area contributed by atoms with Crippen LogP contribution in [0.2, 0.25) is 0 Å². The Morgan fingerprint density at radius 3 is 2.60 bits per heavy atom. The van der Waals surface area contributed by atoms with Crippen LogP contribution in [0.15, 0.2) is 29.2 Å². The van der Waals surface area contributed by atoms with Gasteiger partial charge in [-0.25, -0.2) is 8.42 Å². The minimum absolute atomic E-state index is 0.0175. The fourth-order valence-electron chi connectivity index (χ4n) is 2.83. The van der Waals surface area contributed by atoms with E-state index < -0.39 is 14.9 Å². The molecule has 2 saturated heterocycles. The Labute approximate surface area is 116 Å². The minimum atomic E-state index is -3.54. The van der Waals surface area contributed by atoms with Crippen molar-refractivity contribution in [1.29, 1.82) is 0 Å². The van der Waals surface area contributed by atoms with E-state index >= 15 is 0 Å². The third-order valence-corrected chi connectivity index (χ3v) is 5.93. The predicted molar refractivity (Wildman–Crippen MR) is 71.8 cm³/mol. The molecule has 2 unspecified atom stereocenters. The highest BCUT2D eigenvalue weighted by atomic mass is 32.2. The first-order valence-corrected chi connectivity index (χ1v) is 7.91. The molecule has 0 saturated carbocycles. The predicted octanol–water partition coefficient (Wildman–Crippen LogP) is 0.577. The summed E-state index contributed by atoms with van der Waals surface area (Å²) in [6.45, 7) is 2.16. The molecule has 20 heavy (non-hydrogen) atoms. The Kier molecular flexibility index (Phi) is 3.23. The number of nitro benzene ring substituents is 1. The lowest BCUT2D eigenvalue weighted by Crippen LogP contribution is -2.64. The van der Waals surface area contributed by atoms with E-state index in [1.54, 1.807) is 0 Å². The van der Waals surface area contributed by atoms with Gasteiger partial charge in [0, 0.05) is 31.3 Å². The fourth-order valence-corrected chi connectivity index (χ4v) is 4.57. The summed E-state index contributed by atoms with van der Waals surface area (Å²) in [6.07, 6.45) is 0.997. The molecule has 1 N–H and O–H groups in total. The number of non-ortho nitro benzene ring substituents is 1. The zero-order valence-electron chi connectivity index (χ0n) is 10.7. The summed E-state index contributed by atoms with van der Waals surface area (Å²) in [7, 11) is -3.54. The van der Waals surface area contributed by atoms with Crippen molar-refractivity contribution >= 4 is 15.7 Å². The normalized spacial score (nSPS) is 26.6. The van der Waals surface area contributed by atoms with E-state index in [0.29, 0.717) is 19.0 Å². The van der Waals surface area contributed by atoms with Crippen LogP contribution in [0, 0.1) is 16.0 Å². The monoisotopic (exact) mass is 297 g/mol. The van der Waals surface area contributed by atoms with Crippen LogP contribution in [-0.2, 0) is 10.0 Å². The Morgan fingerprint density at radius 1 is 1.30 bits per heavy atom. The highest BCUT2D eigenvalue weighted by Crippen LogP contribution is 2.35. The van der Waals surface area contributed by atoms with Gasteiger partial charge >= 0.3 is 0 Å². The number of nitrogens with one attached hydrogen (secondary N) is 1. The molecule has 0 amide bonds. The van der Waals surface area contributed by atoms with Gasteiger partial charge in [0.05, 0.1) is 9.82 Å². The largest absolute Gasteiger partial charge is 0.315 e. The van der Waals surface area contributed by atoms with Crippen LogP contribution in [0.3, 0.4) is 0 Å². The van der Waals surface area contributed by atoms with Crippen LogP contribution in [0.1, 0.15) is 6.42 Å². The van der Waals surface area contributed by atoms with Crippen LogP contribution >= 0.6 is 0 Å². The van der Waals surface area contributed by atoms with Crippen molar-refractivity contribution in [2.45, 2.75) is 17.4 Å². The van der Waals surface area contributed by atoms with Crippen molar-refractivity contribution < 1.29 is 13.3 Å². The molecule has 2 atom stereocenters. The Bertz CT molecular complexity index is 629. The van der Waals surface area contributed by atoms with Crippen molar-refractivity contribution in [1.82, 2.24) is 9.62 Å². The molecule has 7 nitrogen and oxygen atoms in total. The van der Waals surface area contributed by atoms with Crippen LogP contribution in [0.25, 0.3) is 0 Å². The third-order valence-electron chi connectivity index (χ3n) is 4.03. The van der Waals surface area contributed by atoms with E-state index in [2.05, 4.69) is 5.32 Å². The second kappa shape index (κ2) is 4.80. The number of fused-ring (bicyclic) bond motifs is 1. The van der Waals surface area contributed by atoms with Crippen LogP contribution in [0.4, 0.5) is 5.69 Å². The van der Waals surface area contributed by atoms with Crippen molar-refractivity contribution in [3.8, 4) is 0 Å². The van der Waals surface area contributed by atoms with Crippen molar-refractivity contribution in [2.75, 3.05) is 19.6 Å². The molecule has 8 heteroatoms. The average molecular weight is 297 g/mol. The van der Waals surface area contributed by atoms with Crippen molar-refractivity contribution in [2.24, 2.45) is 5.92 Å². The van der Waals surface area contributed by atoms with Crippen molar-refractivity contribution in [3.63, 3.8) is 0 Å². The lowest BCUT2D eigenvalue weighted by Gasteiger charge is -2.49. The Balaban J connectivity index is 1.83. The molecular formula is C12H15N3O4S. The molecule has 0 aromatic heterocycles. The maximum atomic E-state index is 12.5. The van der Waals surface area contributed by atoms with Gasteiger partial charge in [-0.15, -0.1) is 0 Å². The van der Waals surface area contributed by atoms with E-state index in [4.69, 9.17) is 0 Å². The molecular weight excluding hydrogens is 282 g/mol. The van der Waals surface area contributed by atoms with Gasteiger partial charge in [0.1, 0.15) is 0 Å². The molecule has 2 fully saturated rings. The summed E-state index contributed by atoms with van der Waals surface area (Å²) in [5.74, 6) is 0.434. The molecule has 3 rings (SSSR count). The zero-order chi connectivity index (χ0) is 14.3. The van der Waals surface area contributed by atoms with Crippen LogP contribution in [-0.4, -0.2) is 43.3 Å². The number of benzene rings is 1. The first-order chi connectivity index (χ1) is 9.50. The number of hydrogen-bond acceptors (Lipinski definition) is 5. The van der Waals surface area contributed by atoms with Crippen LogP contribution in [0.5, 0.6) is 0 Å². The van der Waals surface area contributed by atoms with Crippen molar-refractivity contribution in [3.05, 3.63) is 34.4 Å². The second-order valence-corrected chi connectivity index (χ2v) is 7.04. The molecule has 0 bridgehead atoms. The van der Waals surface area contributed by atoms with Gasteiger partial charge in [-0.05, 0) is 31.0 Å². The maximum Gasteiger partial charge on any atom is 0.269 e. The van der Waals surface area contributed by atoms with E-state index in [1.165, 1.54) is 28.6 Å². The first kappa shape index (κ1) is 13.5. The van der Waals surface area contributed by atoms with Gasteiger partial charge in [0.25, 0.3) is 5.69 Å². The van der Waals surface area contributed by atoms with Gasteiger partial charge in [0.15, 0.2) is 0 Å².